The zero-order valence-corrected chi connectivity index (χ0v) is 19.9. The van der Waals surface area contributed by atoms with E-state index in [0.717, 1.165) is 5.56 Å². The second-order valence-electron chi connectivity index (χ2n) is 7.26. The van der Waals surface area contributed by atoms with E-state index in [4.69, 9.17) is 21.1 Å². The largest absolute Gasteiger partial charge is 0.494 e. The van der Waals surface area contributed by atoms with Crippen molar-refractivity contribution in [2.45, 2.75) is 13.3 Å². The summed E-state index contributed by atoms with van der Waals surface area (Å²) in [4.78, 5) is 48.9. The standard InChI is InChI=1S/C21H19BrClN3O7/c1-11-5-14(22)15(23)8-16(11)24-19(27)10-33-21(29)12-6-20(28)25(9-12)17-4-3-13(26(30)31)7-18(17)32-2/h3-5,7-8,12H,6,9-10H2,1-2H3,(H,24,27)/t12-/m1/s1. The number of benzene rings is 2. The number of amides is 2. The Morgan fingerprint density at radius 2 is 2.06 bits per heavy atom. The second-order valence-corrected chi connectivity index (χ2v) is 8.52. The number of carbonyl (C=O) groups is 3. The summed E-state index contributed by atoms with van der Waals surface area (Å²) in [6, 6.07) is 7.16. The van der Waals surface area contributed by atoms with Crippen LogP contribution in [-0.4, -0.2) is 43.0 Å². The summed E-state index contributed by atoms with van der Waals surface area (Å²) in [6.45, 7) is 1.25. The third kappa shape index (κ3) is 5.60. The van der Waals surface area contributed by atoms with Gasteiger partial charge in [-0.1, -0.05) is 11.6 Å². The van der Waals surface area contributed by atoms with E-state index < -0.39 is 29.3 Å². The van der Waals surface area contributed by atoms with Crippen molar-refractivity contribution in [3.8, 4) is 5.75 Å². The van der Waals surface area contributed by atoms with Crippen molar-refractivity contribution in [3.05, 3.63) is 55.5 Å². The van der Waals surface area contributed by atoms with E-state index in [1.165, 1.54) is 30.2 Å². The first-order valence-corrected chi connectivity index (χ1v) is 10.8. The van der Waals surface area contributed by atoms with Gasteiger partial charge in [0.1, 0.15) is 5.75 Å². The summed E-state index contributed by atoms with van der Waals surface area (Å²) in [5.41, 5.74) is 1.37. The number of non-ortho nitro benzene ring substituents is 1. The van der Waals surface area contributed by atoms with Crippen LogP contribution < -0.4 is 15.0 Å². The molecule has 0 bridgehead atoms. The number of methoxy groups -OCH3 is 1. The fourth-order valence-corrected chi connectivity index (χ4v) is 3.94. The first kappa shape index (κ1) is 24.5. The van der Waals surface area contributed by atoms with Crippen LogP contribution in [0.4, 0.5) is 17.1 Å². The molecule has 12 heteroatoms. The van der Waals surface area contributed by atoms with E-state index in [-0.39, 0.29) is 30.3 Å². The van der Waals surface area contributed by atoms with Gasteiger partial charge in [-0.15, -0.1) is 0 Å². The Kier molecular flexibility index (Phi) is 7.54. The summed E-state index contributed by atoms with van der Waals surface area (Å²) in [5.74, 6) is -2.28. The number of aryl methyl sites for hydroxylation is 1. The monoisotopic (exact) mass is 539 g/mol. The van der Waals surface area contributed by atoms with Gasteiger partial charge >= 0.3 is 5.97 Å². The summed E-state index contributed by atoms with van der Waals surface area (Å²) in [7, 11) is 1.33. The smallest absolute Gasteiger partial charge is 0.311 e. The molecule has 1 N–H and O–H groups in total. The molecule has 1 fully saturated rings. The molecule has 2 aromatic rings. The van der Waals surface area contributed by atoms with Crippen molar-refractivity contribution in [1.29, 1.82) is 0 Å². The van der Waals surface area contributed by atoms with Crippen LogP contribution in [0.2, 0.25) is 5.02 Å². The molecular weight excluding hydrogens is 522 g/mol. The minimum Gasteiger partial charge on any atom is -0.494 e. The molecule has 1 aliphatic heterocycles. The maximum Gasteiger partial charge on any atom is 0.311 e. The third-order valence-corrected chi connectivity index (χ3v) is 6.21. The maximum atomic E-state index is 12.5. The molecule has 0 unspecified atom stereocenters. The molecule has 0 radical (unpaired) electrons. The fraction of sp³-hybridized carbons (Fsp3) is 0.286. The molecule has 10 nitrogen and oxygen atoms in total. The van der Waals surface area contributed by atoms with Gasteiger partial charge in [0.2, 0.25) is 5.91 Å². The van der Waals surface area contributed by atoms with Crippen LogP contribution >= 0.6 is 27.5 Å². The van der Waals surface area contributed by atoms with Crippen molar-refractivity contribution in [1.82, 2.24) is 0 Å². The highest BCUT2D eigenvalue weighted by Gasteiger charge is 2.37. The van der Waals surface area contributed by atoms with Crippen LogP contribution in [0.1, 0.15) is 12.0 Å². The quantitative estimate of drug-likeness (QED) is 0.321. The number of hydrogen-bond donors (Lipinski definition) is 1. The van der Waals surface area contributed by atoms with Crippen LogP contribution in [0.15, 0.2) is 34.8 Å². The molecule has 33 heavy (non-hydrogen) atoms. The number of nitro groups is 1. The molecule has 1 atom stereocenters. The zero-order chi connectivity index (χ0) is 24.3. The van der Waals surface area contributed by atoms with E-state index in [0.29, 0.717) is 20.9 Å². The van der Waals surface area contributed by atoms with Gasteiger partial charge in [0.05, 0.1) is 34.7 Å². The minimum atomic E-state index is -0.797. The molecule has 2 aromatic carbocycles. The van der Waals surface area contributed by atoms with Gasteiger partial charge in [0, 0.05) is 29.2 Å². The Labute approximate surface area is 202 Å². The number of ether oxygens (including phenoxy) is 2. The van der Waals surface area contributed by atoms with Crippen LogP contribution in [-0.2, 0) is 19.1 Å². The average molecular weight is 541 g/mol. The highest BCUT2D eigenvalue weighted by Crippen LogP contribution is 2.36. The predicted octanol–water partition coefficient (Wildman–Crippen LogP) is 3.86. The molecule has 0 aromatic heterocycles. The van der Waals surface area contributed by atoms with Crippen LogP contribution in [0.25, 0.3) is 0 Å². The van der Waals surface area contributed by atoms with Gasteiger partial charge in [-0.2, -0.15) is 0 Å². The van der Waals surface area contributed by atoms with Gasteiger partial charge < -0.3 is 19.7 Å². The van der Waals surface area contributed by atoms with Gasteiger partial charge in [-0.05, 0) is 46.6 Å². The Bertz CT molecular complexity index is 1140. The lowest BCUT2D eigenvalue weighted by Gasteiger charge is -2.19. The summed E-state index contributed by atoms with van der Waals surface area (Å²) >= 11 is 9.34. The molecular formula is C21H19BrClN3O7. The molecule has 174 valence electrons. The van der Waals surface area contributed by atoms with Crippen molar-refractivity contribution in [2.24, 2.45) is 5.92 Å². The summed E-state index contributed by atoms with van der Waals surface area (Å²) in [5, 5.41) is 14.0. The summed E-state index contributed by atoms with van der Waals surface area (Å²) < 4.78 is 11.0. The number of nitrogens with zero attached hydrogens (tertiary/aromatic N) is 2. The summed E-state index contributed by atoms with van der Waals surface area (Å²) in [6.07, 6.45) is -0.123. The second kappa shape index (κ2) is 10.2. The molecule has 1 saturated heterocycles. The van der Waals surface area contributed by atoms with E-state index in [9.17, 15) is 24.5 Å². The zero-order valence-electron chi connectivity index (χ0n) is 17.6. The van der Waals surface area contributed by atoms with Gasteiger partial charge in [-0.25, -0.2) is 0 Å². The molecule has 2 amide bonds. The SMILES string of the molecule is COc1cc([N+](=O)[O-])ccc1N1C[C@H](C(=O)OCC(=O)Nc2cc(Cl)c(Br)cc2C)CC1=O. The van der Waals surface area contributed by atoms with E-state index in [1.54, 1.807) is 19.1 Å². The number of hydrogen-bond acceptors (Lipinski definition) is 7. The van der Waals surface area contributed by atoms with E-state index in [1.807, 2.05) is 0 Å². The van der Waals surface area contributed by atoms with Crippen LogP contribution in [0.3, 0.4) is 0 Å². The Morgan fingerprint density at radius 3 is 2.73 bits per heavy atom. The first-order valence-electron chi connectivity index (χ1n) is 9.65. The number of halogens is 2. The highest BCUT2D eigenvalue weighted by molar-refractivity contribution is 9.10. The van der Waals surface area contributed by atoms with E-state index in [2.05, 4.69) is 21.2 Å². The molecule has 0 aliphatic carbocycles. The maximum absolute atomic E-state index is 12.5. The van der Waals surface area contributed by atoms with Crippen LogP contribution in [0, 0.1) is 23.0 Å². The van der Waals surface area contributed by atoms with Gasteiger partial charge in [0.15, 0.2) is 6.61 Å². The average Bonchev–Trinajstić information content (AvgIpc) is 3.16. The fourth-order valence-electron chi connectivity index (χ4n) is 3.32. The topological polar surface area (TPSA) is 128 Å². The van der Waals surface area contributed by atoms with Gasteiger partial charge in [0.25, 0.3) is 11.6 Å². The molecule has 3 rings (SSSR count). The number of rotatable bonds is 7. The third-order valence-electron chi connectivity index (χ3n) is 5.01. The Balaban J connectivity index is 1.61. The van der Waals surface area contributed by atoms with E-state index >= 15 is 0 Å². The Hall–Kier alpha value is -3.18. The van der Waals surface area contributed by atoms with Crippen molar-refractivity contribution in [3.63, 3.8) is 0 Å². The predicted molar refractivity (Wildman–Crippen MR) is 124 cm³/mol. The van der Waals surface area contributed by atoms with Gasteiger partial charge in [-0.3, -0.25) is 24.5 Å². The highest BCUT2D eigenvalue weighted by atomic mass is 79.9. The lowest BCUT2D eigenvalue weighted by atomic mass is 10.1. The first-order chi connectivity index (χ1) is 15.6. The minimum absolute atomic E-state index is 0.00507. The molecule has 1 heterocycles. The number of nitrogens with one attached hydrogen (secondary N) is 1. The Morgan fingerprint density at radius 1 is 1.33 bits per heavy atom. The lowest BCUT2D eigenvalue weighted by Crippen LogP contribution is -2.28. The molecule has 1 aliphatic rings. The number of esters is 1. The van der Waals surface area contributed by atoms with Crippen molar-refractivity contribution < 1.29 is 28.8 Å². The number of anilines is 2. The normalized spacial score (nSPS) is 15.3. The van der Waals surface area contributed by atoms with Crippen molar-refractivity contribution in [2.75, 3.05) is 30.5 Å². The number of carbonyl (C=O) groups excluding carboxylic acids is 3. The molecule has 0 saturated carbocycles. The number of nitro benzene ring substituents is 1. The lowest BCUT2D eigenvalue weighted by molar-refractivity contribution is -0.384. The van der Waals surface area contributed by atoms with Crippen molar-refractivity contribution >= 4 is 62.4 Å². The van der Waals surface area contributed by atoms with Crippen LogP contribution in [0.5, 0.6) is 5.75 Å². The molecule has 0 spiro atoms.